The van der Waals surface area contributed by atoms with Gasteiger partial charge >= 0.3 is 0 Å². The van der Waals surface area contributed by atoms with E-state index in [4.69, 9.17) is 0 Å². The molecule has 2 aliphatic rings. The number of rotatable bonds is 4. The maximum absolute atomic E-state index is 14.2. The molecule has 1 aromatic heterocycles. The molecular weight excluding hydrogens is 438 g/mol. The Hall–Kier alpha value is -3.33. The van der Waals surface area contributed by atoms with E-state index in [1.165, 1.54) is 18.3 Å². The summed E-state index contributed by atoms with van der Waals surface area (Å²) in [5.74, 6) is -2.02. The molecule has 3 aromatic rings. The van der Waals surface area contributed by atoms with Gasteiger partial charge in [-0.1, -0.05) is 6.42 Å². The molecule has 9 heteroatoms. The van der Waals surface area contributed by atoms with E-state index in [-0.39, 0.29) is 23.5 Å². The zero-order chi connectivity index (χ0) is 22.7. The van der Waals surface area contributed by atoms with E-state index in [1.54, 1.807) is 12.1 Å². The SMILES string of the molecule is O=C1Cc2c(-c3cc[nH]c(=O)c3)cc(NS(=O)(=O)c3ccc(F)cc3F)cc2C12CCC2. The highest BCUT2D eigenvalue weighted by molar-refractivity contribution is 7.92. The zero-order valence-corrected chi connectivity index (χ0v) is 17.6. The van der Waals surface area contributed by atoms with Crippen molar-refractivity contribution in [2.45, 2.75) is 36.0 Å². The number of anilines is 1. The molecule has 2 aromatic carbocycles. The van der Waals surface area contributed by atoms with Gasteiger partial charge in [0.05, 0.1) is 5.41 Å². The lowest BCUT2D eigenvalue weighted by atomic mass is 9.64. The standard InChI is InChI=1S/C23H18F2N2O4S/c24-14-2-3-20(19(25)9-14)32(30,31)27-15-10-16(13-4-7-26-22(29)8-13)17-12-21(28)23(5-1-6-23)18(17)11-15/h2-4,7-11,27H,1,5-6,12H2,(H,26,29). The summed E-state index contributed by atoms with van der Waals surface area (Å²) in [6, 6.07) is 8.43. The summed E-state index contributed by atoms with van der Waals surface area (Å²) in [6.07, 6.45) is 3.93. The van der Waals surface area contributed by atoms with Crippen LogP contribution in [0.5, 0.6) is 0 Å². The smallest absolute Gasteiger partial charge is 0.264 e. The van der Waals surface area contributed by atoms with E-state index in [0.29, 0.717) is 30.0 Å². The normalized spacial score (nSPS) is 16.6. The highest BCUT2D eigenvalue weighted by Crippen LogP contribution is 2.53. The molecule has 32 heavy (non-hydrogen) atoms. The molecule has 0 amide bonds. The fourth-order valence-electron chi connectivity index (χ4n) is 4.68. The lowest BCUT2D eigenvalue weighted by Crippen LogP contribution is -2.39. The predicted octanol–water partition coefficient (Wildman–Crippen LogP) is 3.67. The Kier molecular flexibility index (Phi) is 4.56. The van der Waals surface area contributed by atoms with Gasteiger partial charge < -0.3 is 4.98 Å². The van der Waals surface area contributed by atoms with Crippen LogP contribution in [-0.4, -0.2) is 19.2 Å². The second kappa shape index (κ2) is 7.09. The van der Waals surface area contributed by atoms with Crippen molar-refractivity contribution >= 4 is 21.5 Å². The van der Waals surface area contributed by atoms with E-state index in [0.717, 1.165) is 29.7 Å². The average Bonchev–Trinajstić information content (AvgIpc) is 2.98. The van der Waals surface area contributed by atoms with Crippen molar-refractivity contribution < 1.29 is 22.0 Å². The molecule has 0 aliphatic heterocycles. The van der Waals surface area contributed by atoms with Crippen molar-refractivity contribution in [1.29, 1.82) is 0 Å². The molecule has 0 unspecified atom stereocenters. The molecule has 0 radical (unpaired) electrons. The molecule has 0 saturated heterocycles. The maximum atomic E-state index is 14.2. The number of aromatic nitrogens is 1. The summed E-state index contributed by atoms with van der Waals surface area (Å²) in [5.41, 5.74) is 1.79. The van der Waals surface area contributed by atoms with E-state index in [1.807, 2.05) is 0 Å². The number of H-pyrrole nitrogens is 1. The summed E-state index contributed by atoms with van der Waals surface area (Å²) in [6.45, 7) is 0. The molecule has 1 saturated carbocycles. The molecule has 0 atom stereocenters. The third-order valence-electron chi connectivity index (χ3n) is 6.37. The molecule has 2 N–H and O–H groups in total. The van der Waals surface area contributed by atoms with Gasteiger partial charge in [-0.15, -0.1) is 0 Å². The van der Waals surface area contributed by atoms with Crippen LogP contribution >= 0.6 is 0 Å². The Balaban J connectivity index is 1.66. The van der Waals surface area contributed by atoms with Crippen LogP contribution in [0.4, 0.5) is 14.5 Å². The largest absolute Gasteiger partial charge is 0.329 e. The van der Waals surface area contributed by atoms with Gasteiger partial charge in [-0.25, -0.2) is 17.2 Å². The maximum Gasteiger partial charge on any atom is 0.264 e. The number of sulfonamides is 1. The van der Waals surface area contributed by atoms with Gasteiger partial charge in [-0.2, -0.15) is 0 Å². The number of aromatic amines is 1. The van der Waals surface area contributed by atoms with Crippen LogP contribution in [0, 0.1) is 11.6 Å². The molecule has 164 valence electrons. The van der Waals surface area contributed by atoms with Crippen molar-refractivity contribution in [2.75, 3.05) is 4.72 Å². The van der Waals surface area contributed by atoms with E-state index >= 15 is 0 Å². The first kappa shape index (κ1) is 20.6. The molecule has 1 heterocycles. The van der Waals surface area contributed by atoms with Crippen LogP contribution < -0.4 is 10.3 Å². The van der Waals surface area contributed by atoms with Crippen LogP contribution in [-0.2, 0) is 26.7 Å². The van der Waals surface area contributed by atoms with Crippen LogP contribution in [0.3, 0.4) is 0 Å². The highest BCUT2D eigenvalue weighted by Gasteiger charge is 2.51. The molecule has 2 aliphatic carbocycles. The van der Waals surface area contributed by atoms with Crippen molar-refractivity contribution in [3.05, 3.63) is 81.8 Å². The number of carbonyl (C=O) groups excluding carboxylic acids is 1. The third kappa shape index (κ3) is 3.15. The molecule has 5 rings (SSSR count). The van der Waals surface area contributed by atoms with Crippen molar-refractivity contribution in [1.82, 2.24) is 4.98 Å². The molecular formula is C23H18F2N2O4S. The molecule has 1 fully saturated rings. The van der Waals surface area contributed by atoms with Crippen LogP contribution in [0.25, 0.3) is 11.1 Å². The van der Waals surface area contributed by atoms with Crippen molar-refractivity contribution in [3.63, 3.8) is 0 Å². The minimum absolute atomic E-state index is 0.0782. The third-order valence-corrected chi connectivity index (χ3v) is 7.78. The number of ketones is 1. The van der Waals surface area contributed by atoms with Gasteiger partial charge in [0, 0.05) is 30.4 Å². The van der Waals surface area contributed by atoms with E-state index in [2.05, 4.69) is 9.71 Å². The second-order valence-corrected chi connectivity index (χ2v) is 9.86. The first-order valence-electron chi connectivity index (χ1n) is 10.1. The van der Waals surface area contributed by atoms with Gasteiger partial charge in [0.2, 0.25) is 5.56 Å². The number of Topliss-reactive ketones (excluding diaryl/α,β-unsaturated/α-hetero) is 1. The van der Waals surface area contributed by atoms with Gasteiger partial charge in [0.1, 0.15) is 22.3 Å². The lowest BCUT2D eigenvalue weighted by Gasteiger charge is -2.38. The minimum Gasteiger partial charge on any atom is -0.329 e. The number of carbonyl (C=O) groups is 1. The minimum atomic E-state index is -4.37. The number of hydrogen-bond donors (Lipinski definition) is 2. The van der Waals surface area contributed by atoms with Gasteiger partial charge in [-0.3, -0.25) is 14.3 Å². The monoisotopic (exact) mass is 456 g/mol. The Morgan fingerprint density at radius 1 is 1.00 bits per heavy atom. The summed E-state index contributed by atoms with van der Waals surface area (Å²) < 4.78 is 55.5. The quantitative estimate of drug-likeness (QED) is 0.626. The van der Waals surface area contributed by atoms with Crippen LogP contribution in [0.15, 0.2) is 58.4 Å². The summed E-state index contributed by atoms with van der Waals surface area (Å²) in [7, 11) is -4.37. The molecule has 6 nitrogen and oxygen atoms in total. The fraction of sp³-hybridized carbons (Fsp3) is 0.217. The number of nitrogens with one attached hydrogen (secondary N) is 2. The van der Waals surface area contributed by atoms with Crippen LogP contribution in [0.2, 0.25) is 0 Å². The topological polar surface area (TPSA) is 96.1 Å². The summed E-state index contributed by atoms with van der Waals surface area (Å²) in [4.78, 5) is 26.6. The Bertz CT molecular complexity index is 1440. The van der Waals surface area contributed by atoms with Gasteiger partial charge in [-0.05, 0) is 65.4 Å². The zero-order valence-electron chi connectivity index (χ0n) is 16.7. The first-order chi connectivity index (χ1) is 15.2. The number of hydrogen-bond acceptors (Lipinski definition) is 4. The van der Waals surface area contributed by atoms with E-state index < -0.39 is 32.0 Å². The van der Waals surface area contributed by atoms with Crippen molar-refractivity contribution in [2.24, 2.45) is 0 Å². The number of fused-ring (bicyclic) bond motifs is 2. The molecule has 1 spiro atoms. The Morgan fingerprint density at radius 3 is 2.44 bits per heavy atom. The predicted molar refractivity (Wildman–Crippen MR) is 114 cm³/mol. The number of pyridine rings is 1. The van der Waals surface area contributed by atoms with Crippen LogP contribution in [0.1, 0.15) is 30.4 Å². The summed E-state index contributed by atoms with van der Waals surface area (Å²) in [5, 5.41) is 0. The Morgan fingerprint density at radius 2 is 1.78 bits per heavy atom. The lowest BCUT2D eigenvalue weighted by molar-refractivity contribution is -0.125. The van der Waals surface area contributed by atoms with Gasteiger partial charge in [0.15, 0.2) is 0 Å². The van der Waals surface area contributed by atoms with Crippen molar-refractivity contribution in [3.8, 4) is 11.1 Å². The number of halogens is 2. The average molecular weight is 456 g/mol. The van der Waals surface area contributed by atoms with Gasteiger partial charge in [0.25, 0.3) is 10.0 Å². The fourth-order valence-corrected chi connectivity index (χ4v) is 5.78. The Labute approximate surface area is 182 Å². The second-order valence-electron chi connectivity index (χ2n) is 8.21. The van der Waals surface area contributed by atoms with E-state index in [9.17, 15) is 26.8 Å². The first-order valence-corrected chi connectivity index (χ1v) is 11.6. The molecule has 0 bridgehead atoms. The highest BCUT2D eigenvalue weighted by atomic mass is 32.2. The number of benzene rings is 2. The summed E-state index contributed by atoms with van der Waals surface area (Å²) >= 11 is 0.